The lowest BCUT2D eigenvalue weighted by atomic mass is 9.31. The van der Waals surface area contributed by atoms with Crippen molar-refractivity contribution >= 4 is 14.8 Å². The van der Waals surface area contributed by atoms with Gasteiger partial charge in [0.15, 0.2) is 6.71 Å². The first-order valence-corrected chi connectivity index (χ1v) is 11.0. The Bertz CT molecular complexity index is 427. The molecule has 1 atom stereocenters. The summed E-state index contributed by atoms with van der Waals surface area (Å²) < 4.78 is 0. The van der Waals surface area contributed by atoms with Crippen molar-refractivity contribution in [2.75, 3.05) is 0 Å². The molecule has 0 spiro atoms. The largest absolute Gasteiger partial charge is 0.178 e. The first kappa shape index (κ1) is 13.5. The third kappa shape index (κ3) is 2.33. The summed E-state index contributed by atoms with van der Waals surface area (Å²) in [5, 5.41) is 0. The van der Waals surface area contributed by atoms with Gasteiger partial charge in [0.25, 0.3) is 0 Å². The maximum absolute atomic E-state index is 4.13. The van der Waals surface area contributed by atoms with E-state index in [0.717, 1.165) is 18.4 Å². The van der Waals surface area contributed by atoms with E-state index in [1.165, 1.54) is 44.8 Å². The van der Waals surface area contributed by atoms with Crippen LogP contribution in [0.4, 0.5) is 0 Å². The Labute approximate surface area is 120 Å². The highest BCUT2D eigenvalue weighted by molar-refractivity contribution is 6.95. The van der Waals surface area contributed by atoms with Crippen LogP contribution in [-0.4, -0.2) is 14.8 Å². The summed E-state index contributed by atoms with van der Waals surface area (Å²) in [4.78, 5) is 0. The van der Waals surface area contributed by atoms with E-state index in [1.807, 2.05) is 0 Å². The molecule has 4 aliphatic rings. The van der Waals surface area contributed by atoms with Crippen LogP contribution in [0.25, 0.3) is 0 Å². The minimum absolute atomic E-state index is 0.851. The molecule has 102 valence electrons. The summed E-state index contributed by atoms with van der Waals surface area (Å²) in [6, 6.07) is 0. The second-order valence-electron chi connectivity index (χ2n) is 7.10. The molecular formula is C17H27BSi. The first-order valence-electron chi connectivity index (χ1n) is 8.26. The van der Waals surface area contributed by atoms with Crippen LogP contribution in [0, 0.1) is 5.92 Å². The molecular weight excluding hydrogens is 243 g/mol. The maximum atomic E-state index is 4.13. The Morgan fingerprint density at radius 3 is 2.53 bits per heavy atom. The standard InChI is InChI=1S/C17H27BSi/c1-4-18-15-10-6-8-14(9-7-11-15)16-12-19(3,5-2)13-17(16)18/h5,12-15H,2,4,6-11H2,1,3H3. The third-order valence-electron chi connectivity index (χ3n) is 5.81. The lowest BCUT2D eigenvalue weighted by Gasteiger charge is -2.36. The molecule has 0 radical (unpaired) electrons. The molecule has 0 amide bonds. The topological polar surface area (TPSA) is 0 Å². The molecule has 0 N–H and O–H groups in total. The van der Waals surface area contributed by atoms with Crippen molar-refractivity contribution in [2.45, 2.75) is 64.1 Å². The summed E-state index contributed by atoms with van der Waals surface area (Å²) in [5.41, 5.74) is 11.2. The van der Waals surface area contributed by atoms with E-state index in [-0.39, 0.29) is 0 Å². The fourth-order valence-corrected chi connectivity index (χ4v) is 7.18. The molecule has 2 saturated heterocycles. The monoisotopic (exact) mass is 270 g/mol. The van der Waals surface area contributed by atoms with Crippen LogP contribution < -0.4 is 0 Å². The SMILES string of the molecule is C=C[Si]1(C)C=C2B(CC)C3CCCC(CCC3)C2=C1. The molecule has 2 heteroatoms. The average Bonchev–Trinajstić information content (AvgIpc) is 2.68. The van der Waals surface area contributed by atoms with Crippen LogP contribution in [0.5, 0.6) is 0 Å². The molecule has 4 rings (SSSR count). The molecule has 0 nitrogen and oxygen atoms in total. The maximum Gasteiger partial charge on any atom is 0.178 e. The van der Waals surface area contributed by atoms with Crippen LogP contribution in [0.3, 0.4) is 0 Å². The van der Waals surface area contributed by atoms with Gasteiger partial charge in [-0.1, -0.05) is 79.4 Å². The lowest BCUT2D eigenvalue weighted by Crippen LogP contribution is -2.30. The lowest BCUT2D eigenvalue weighted by molar-refractivity contribution is 0.414. The third-order valence-corrected chi connectivity index (χ3v) is 8.56. The smallest absolute Gasteiger partial charge is 0.106 e. The van der Waals surface area contributed by atoms with Crippen molar-refractivity contribution in [3.63, 3.8) is 0 Å². The highest BCUT2D eigenvalue weighted by atomic mass is 28.3. The van der Waals surface area contributed by atoms with Crippen molar-refractivity contribution < 1.29 is 0 Å². The fourth-order valence-electron chi connectivity index (χ4n) is 4.73. The van der Waals surface area contributed by atoms with E-state index in [0.29, 0.717) is 0 Å². The van der Waals surface area contributed by atoms with Crippen LogP contribution in [0.15, 0.2) is 34.7 Å². The van der Waals surface area contributed by atoms with E-state index in [2.05, 4.69) is 37.1 Å². The molecule has 3 heterocycles. The quantitative estimate of drug-likeness (QED) is 0.609. The predicted molar refractivity (Wildman–Crippen MR) is 89.2 cm³/mol. The van der Waals surface area contributed by atoms with Crippen LogP contribution in [0.1, 0.15) is 45.4 Å². The van der Waals surface area contributed by atoms with Gasteiger partial charge in [-0.15, -0.1) is 6.58 Å². The Morgan fingerprint density at radius 2 is 1.95 bits per heavy atom. The summed E-state index contributed by atoms with van der Waals surface area (Å²) in [7, 11) is -1.41. The Kier molecular flexibility index (Phi) is 3.64. The minimum atomic E-state index is -1.41. The molecule has 19 heavy (non-hydrogen) atoms. The zero-order chi connectivity index (χ0) is 13.5. The molecule has 1 saturated carbocycles. The van der Waals surface area contributed by atoms with Crippen molar-refractivity contribution in [3.8, 4) is 0 Å². The van der Waals surface area contributed by atoms with Gasteiger partial charge in [0.1, 0.15) is 8.07 Å². The van der Waals surface area contributed by atoms with E-state index in [4.69, 9.17) is 0 Å². The number of allylic oxidation sites excluding steroid dienone is 2. The van der Waals surface area contributed by atoms with Crippen molar-refractivity contribution in [1.29, 1.82) is 0 Å². The van der Waals surface area contributed by atoms with Gasteiger partial charge in [-0.3, -0.25) is 0 Å². The summed E-state index contributed by atoms with van der Waals surface area (Å²) in [6.45, 7) is 9.84. The van der Waals surface area contributed by atoms with Crippen LogP contribution in [0.2, 0.25) is 18.7 Å². The Hall–Kier alpha value is -0.498. The summed E-state index contributed by atoms with van der Waals surface area (Å²) in [6.07, 6.45) is 10.1. The van der Waals surface area contributed by atoms with Crippen LogP contribution in [-0.2, 0) is 0 Å². The number of rotatable bonds is 2. The highest BCUT2D eigenvalue weighted by Gasteiger charge is 2.40. The average molecular weight is 270 g/mol. The van der Waals surface area contributed by atoms with E-state index in [9.17, 15) is 0 Å². The molecule has 3 fully saturated rings. The Morgan fingerprint density at radius 1 is 1.26 bits per heavy atom. The van der Waals surface area contributed by atoms with Gasteiger partial charge in [0.05, 0.1) is 0 Å². The van der Waals surface area contributed by atoms with Gasteiger partial charge in [0, 0.05) is 0 Å². The van der Waals surface area contributed by atoms with Gasteiger partial charge >= 0.3 is 0 Å². The highest BCUT2D eigenvalue weighted by Crippen LogP contribution is 2.47. The van der Waals surface area contributed by atoms with E-state index < -0.39 is 8.07 Å². The van der Waals surface area contributed by atoms with Crippen molar-refractivity contribution in [1.82, 2.24) is 0 Å². The van der Waals surface area contributed by atoms with E-state index >= 15 is 0 Å². The number of fused-ring (bicyclic) bond motifs is 4. The molecule has 1 aliphatic carbocycles. The van der Waals surface area contributed by atoms with Crippen LogP contribution >= 0.6 is 0 Å². The Balaban J connectivity index is 2.07. The predicted octanol–water partition coefficient (Wildman–Crippen LogP) is 5.14. The molecule has 0 aromatic heterocycles. The minimum Gasteiger partial charge on any atom is -0.106 e. The van der Waals surface area contributed by atoms with Gasteiger partial charge in [-0.25, -0.2) is 0 Å². The van der Waals surface area contributed by atoms with Crippen molar-refractivity contribution in [3.05, 3.63) is 34.7 Å². The zero-order valence-electron chi connectivity index (χ0n) is 12.6. The van der Waals surface area contributed by atoms with Gasteiger partial charge < -0.3 is 0 Å². The second-order valence-corrected chi connectivity index (χ2v) is 10.8. The van der Waals surface area contributed by atoms with E-state index in [1.54, 1.807) is 11.0 Å². The van der Waals surface area contributed by atoms with Gasteiger partial charge in [0.2, 0.25) is 0 Å². The number of hydrogen-bond acceptors (Lipinski definition) is 0. The van der Waals surface area contributed by atoms with Gasteiger partial charge in [-0.05, 0) is 18.8 Å². The normalized spacial score (nSPS) is 37.9. The summed E-state index contributed by atoms with van der Waals surface area (Å²) >= 11 is 0. The fraction of sp³-hybridized carbons (Fsp3) is 0.647. The van der Waals surface area contributed by atoms with Gasteiger partial charge in [-0.2, -0.15) is 0 Å². The zero-order valence-corrected chi connectivity index (χ0v) is 13.6. The molecule has 1 unspecified atom stereocenters. The molecule has 0 aromatic rings. The second kappa shape index (κ2) is 5.12. The van der Waals surface area contributed by atoms with Crippen molar-refractivity contribution in [2.24, 2.45) is 5.92 Å². The summed E-state index contributed by atoms with van der Waals surface area (Å²) in [5.74, 6) is 1.83. The molecule has 2 bridgehead atoms. The first-order chi connectivity index (χ1) is 9.17. The molecule has 3 aliphatic heterocycles. The molecule has 0 aromatic carbocycles. The number of hydrogen-bond donors (Lipinski definition) is 0.